The van der Waals surface area contributed by atoms with Crippen molar-refractivity contribution in [3.63, 3.8) is 0 Å². The summed E-state index contributed by atoms with van der Waals surface area (Å²) < 4.78 is 29.3. The highest BCUT2D eigenvalue weighted by atomic mass is 32.2. The van der Waals surface area contributed by atoms with Gasteiger partial charge >= 0.3 is 0 Å². The summed E-state index contributed by atoms with van der Waals surface area (Å²) in [6.07, 6.45) is 0.531. The van der Waals surface area contributed by atoms with Gasteiger partial charge in [0.05, 0.1) is 18.1 Å². The van der Waals surface area contributed by atoms with Gasteiger partial charge in [-0.3, -0.25) is 0 Å². The molecular formula is C17H21N5O3S. The molecule has 1 aliphatic rings. The van der Waals surface area contributed by atoms with Crippen molar-refractivity contribution >= 4 is 15.7 Å². The third-order valence-electron chi connectivity index (χ3n) is 4.34. The molecule has 1 aromatic carbocycles. The Morgan fingerprint density at radius 2 is 2.12 bits per heavy atom. The van der Waals surface area contributed by atoms with Crippen LogP contribution >= 0.6 is 0 Å². The number of anilines is 1. The van der Waals surface area contributed by atoms with E-state index in [9.17, 15) is 13.7 Å². The molecule has 138 valence electrons. The molecule has 0 radical (unpaired) electrons. The number of benzene rings is 1. The first-order chi connectivity index (χ1) is 12.5. The van der Waals surface area contributed by atoms with Crippen molar-refractivity contribution < 1.29 is 13.2 Å². The van der Waals surface area contributed by atoms with E-state index >= 15 is 0 Å². The minimum absolute atomic E-state index is 0.0775. The summed E-state index contributed by atoms with van der Waals surface area (Å²) in [5, 5.41) is 18.3. The fourth-order valence-corrected chi connectivity index (χ4v) is 4.91. The maximum absolute atomic E-state index is 11.8. The molecule has 1 fully saturated rings. The van der Waals surface area contributed by atoms with Gasteiger partial charge in [0.25, 0.3) is 0 Å². The van der Waals surface area contributed by atoms with Crippen molar-refractivity contribution in [3.8, 4) is 17.5 Å². The van der Waals surface area contributed by atoms with Gasteiger partial charge < -0.3 is 9.64 Å². The van der Waals surface area contributed by atoms with Crippen molar-refractivity contribution in [2.45, 2.75) is 26.3 Å². The molecule has 3 rings (SSSR count). The number of para-hydroxylation sites is 2. The van der Waals surface area contributed by atoms with Gasteiger partial charge in [0.2, 0.25) is 5.69 Å². The van der Waals surface area contributed by atoms with Crippen LogP contribution < -0.4 is 9.64 Å². The normalized spacial score (nSPS) is 18.4. The Hall–Kier alpha value is -2.60. The van der Waals surface area contributed by atoms with E-state index in [0.29, 0.717) is 36.8 Å². The number of hydrogen-bond acceptors (Lipinski definition) is 7. The summed E-state index contributed by atoms with van der Waals surface area (Å²) in [6.45, 7) is 4.84. The van der Waals surface area contributed by atoms with Gasteiger partial charge in [0.15, 0.2) is 15.7 Å². The van der Waals surface area contributed by atoms with Crippen molar-refractivity contribution in [2.75, 3.05) is 29.6 Å². The highest BCUT2D eigenvalue weighted by molar-refractivity contribution is 7.91. The fraction of sp³-hybridized carbons (Fsp3) is 0.471. The zero-order chi connectivity index (χ0) is 18.7. The molecule has 1 aliphatic heterocycles. The van der Waals surface area contributed by atoms with E-state index in [-0.39, 0.29) is 23.2 Å². The predicted molar refractivity (Wildman–Crippen MR) is 97.3 cm³/mol. The van der Waals surface area contributed by atoms with Crippen LogP contribution in [0.5, 0.6) is 5.75 Å². The quantitative estimate of drug-likeness (QED) is 0.755. The van der Waals surface area contributed by atoms with Gasteiger partial charge in [0, 0.05) is 12.6 Å². The van der Waals surface area contributed by atoms with Gasteiger partial charge in [-0.25, -0.2) is 8.42 Å². The summed E-state index contributed by atoms with van der Waals surface area (Å²) in [5.41, 5.74) is 0.801. The largest absolute Gasteiger partial charge is 0.492 e. The maximum Gasteiger partial charge on any atom is 0.207 e. The lowest BCUT2D eigenvalue weighted by atomic mass is 10.2. The zero-order valence-electron chi connectivity index (χ0n) is 14.8. The second-order valence-corrected chi connectivity index (χ2v) is 8.25. The zero-order valence-corrected chi connectivity index (χ0v) is 15.6. The number of rotatable bonds is 6. The molecule has 2 aromatic rings. The summed E-state index contributed by atoms with van der Waals surface area (Å²) in [4.78, 5) is 3.24. The van der Waals surface area contributed by atoms with Crippen LogP contribution in [-0.4, -0.2) is 54.1 Å². The van der Waals surface area contributed by atoms with E-state index in [1.807, 2.05) is 43.0 Å². The topological polar surface area (TPSA) is 101 Å². The van der Waals surface area contributed by atoms with Crippen molar-refractivity contribution in [3.05, 3.63) is 30.0 Å². The van der Waals surface area contributed by atoms with Crippen molar-refractivity contribution in [1.29, 1.82) is 5.26 Å². The van der Waals surface area contributed by atoms with Crippen LogP contribution in [0.2, 0.25) is 0 Å². The molecule has 0 spiro atoms. The first kappa shape index (κ1) is 18.2. The Labute approximate surface area is 152 Å². The summed E-state index contributed by atoms with van der Waals surface area (Å²) >= 11 is 0. The molecule has 0 saturated carbocycles. The van der Waals surface area contributed by atoms with Crippen molar-refractivity contribution in [1.82, 2.24) is 15.0 Å². The molecule has 8 nitrogen and oxygen atoms in total. The molecule has 2 heterocycles. The standard InChI is InChI=1S/C17H21N5O3S/c1-3-21(13-9-10-26(23,24)12-13)17-14(11-18)19-22(20-17)15-7-5-6-8-16(15)25-4-2/h5-8,13H,3-4,9-10,12H2,1-2H3. The first-order valence-corrected chi connectivity index (χ1v) is 10.4. The van der Waals surface area contributed by atoms with Gasteiger partial charge in [-0.1, -0.05) is 12.1 Å². The van der Waals surface area contributed by atoms with Crippen LogP contribution in [0.25, 0.3) is 5.69 Å². The van der Waals surface area contributed by atoms with Crippen LogP contribution in [0, 0.1) is 11.3 Å². The number of aromatic nitrogens is 3. The lowest BCUT2D eigenvalue weighted by Crippen LogP contribution is -2.37. The van der Waals surface area contributed by atoms with E-state index < -0.39 is 9.84 Å². The third-order valence-corrected chi connectivity index (χ3v) is 6.09. The lowest BCUT2D eigenvalue weighted by molar-refractivity contribution is 0.337. The molecule has 0 amide bonds. The highest BCUT2D eigenvalue weighted by Gasteiger charge is 2.34. The number of nitrogens with zero attached hydrogens (tertiary/aromatic N) is 5. The lowest BCUT2D eigenvalue weighted by Gasteiger charge is -2.26. The van der Waals surface area contributed by atoms with E-state index in [4.69, 9.17) is 4.74 Å². The van der Waals surface area contributed by atoms with Gasteiger partial charge in [-0.15, -0.1) is 15.0 Å². The van der Waals surface area contributed by atoms with Crippen molar-refractivity contribution in [2.24, 2.45) is 0 Å². The second kappa shape index (κ2) is 7.33. The SMILES string of the molecule is CCOc1ccccc1-n1nc(C#N)c(N(CC)C2CCS(=O)(=O)C2)n1. The molecular weight excluding hydrogens is 354 g/mol. The molecule has 1 saturated heterocycles. The van der Waals surface area contributed by atoms with E-state index in [1.54, 1.807) is 0 Å². The predicted octanol–water partition coefficient (Wildman–Crippen LogP) is 1.55. The Bertz CT molecular complexity index is 932. The fourth-order valence-electron chi connectivity index (χ4n) is 3.17. The van der Waals surface area contributed by atoms with E-state index in [2.05, 4.69) is 16.3 Å². The highest BCUT2D eigenvalue weighted by Crippen LogP contribution is 2.27. The van der Waals surface area contributed by atoms with Gasteiger partial charge in [0.1, 0.15) is 17.5 Å². The van der Waals surface area contributed by atoms with Crippen LogP contribution in [0.3, 0.4) is 0 Å². The van der Waals surface area contributed by atoms with Gasteiger partial charge in [-0.05, 0) is 32.4 Å². The smallest absolute Gasteiger partial charge is 0.207 e. The van der Waals surface area contributed by atoms with Gasteiger partial charge in [-0.2, -0.15) is 5.26 Å². The molecule has 9 heteroatoms. The third kappa shape index (κ3) is 3.51. The average Bonchev–Trinajstić information content (AvgIpc) is 3.20. The molecule has 1 aromatic heterocycles. The Morgan fingerprint density at radius 1 is 1.35 bits per heavy atom. The minimum atomic E-state index is -3.04. The number of hydrogen-bond donors (Lipinski definition) is 0. The van der Waals surface area contributed by atoms with Crippen LogP contribution in [0.4, 0.5) is 5.82 Å². The first-order valence-electron chi connectivity index (χ1n) is 8.55. The molecule has 0 aliphatic carbocycles. The van der Waals surface area contributed by atoms with Crippen LogP contribution in [-0.2, 0) is 9.84 Å². The van der Waals surface area contributed by atoms with Crippen LogP contribution in [0.15, 0.2) is 24.3 Å². The Balaban J connectivity index is 2.01. The van der Waals surface area contributed by atoms with Crippen LogP contribution in [0.1, 0.15) is 26.0 Å². The monoisotopic (exact) mass is 375 g/mol. The molecule has 26 heavy (non-hydrogen) atoms. The molecule has 0 N–H and O–H groups in total. The Morgan fingerprint density at radius 3 is 2.73 bits per heavy atom. The van der Waals surface area contributed by atoms with E-state index in [1.165, 1.54) is 4.80 Å². The summed E-state index contributed by atoms with van der Waals surface area (Å²) in [6, 6.07) is 9.20. The number of nitriles is 1. The summed E-state index contributed by atoms with van der Waals surface area (Å²) in [7, 11) is -3.04. The maximum atomic E-state index is 11.8. The average molecular weight is 375 g/mol. The Kier molecular flexibility index (Phi) is 5.13. The minimum Gasteiger partial charge on any atom is -0.492 e. The van der Waals surface area contributed by atoms with E-state index in [0.717, 1.165) is 0 Å². The second-order valence-electron chi connectivity index (χ2n) is 6.02. The number of ether oxygens (including phenoxy) is 1. The molecule has 0 bridgehead atoms. The molecule has 1 atom stereocenters. The number of sulfone groups is 1. The molecule has 1 unspecified atom stereocenters. The summed E-state index contributed by atoms with van der Waals surface area (Å²) in [5.74, 6) is 1.27.